The summed E-state index contributed by atoms with van der Waals surface area (Å²) in [5.74, 6) is 5.47. The molecule has 0 aliphatic heterocycles. The molecular weight excluding hydrogens is 947 g/mol. The number of hydrogen-bond donors (Lipinski definition) is 0. The van der Waals surface area contributed by atoms with Gasteiger partial charge in [-0.25, -0.2) is 9.64 Å². The Morgan fingerprint density at radius 2 is 1.26 bits per heavy atom. The first-order valence-corrected chi connectivity index (χ1v) is 30.9. The summed E-state index contributed by atoms with van der Waals surface area (Å²) in [4.78, 5) is 28.1. The Bertz CT molecular complexity index is 2430. The fourth-order valence-electron chi connectivity index (χ4n) is 13.7. The summed E-state index contributed by atoms with van der Waals surface area (Å²) in [5.41, 5.74) is 8.76. The fraction of sp³-hybridized carbons (Fsp3) is 0.592. The smallest absolute Gasteiger partial charge is 0.343 e. The van der Waals surface area contributed by atoms with E-state index in [0.29, 0.717) is 40.9 Å². The van der Waals surface area contributed by atoms with Crippen LogP contribution < -0.4 is 9.47 Å². The van der Waals surface area contributed by atoms with Gasteiger partial charge in [-0.3, -0.25) is 4.79 Å². The largest absolute Gasteiger partial charge is 0.494 e. The van der Waals surface area contributed by atoms with Crippen molar-refractivity contribution in [1.29, 1.82) is 0 Å². The number of fused-ring (bicyclic) bond motifs is 5. The summed E-state index contributed by atoms with van der Waals surface area (Å²) in [6.07, 6.45) is 33.7. The molecule has 7 atom stereocenters. The van der Waals surface area contributed by atoms with Crippen molar-refractivity contribution in [3.05, 3.63) is 137 Å². The fourth-order valence-corrected chi connectivity index (χ4v) is 13.7. The van der Waals surface area contributed by atoms with Crippen molar-refractivity contribution in [2.24, 2.45) is 40.4 Å². The van der Waals surface area contributed by atoms with Crippen molar-refractivity contribution >= 4 is 17.6 Å². The summed E-state index contributed by atoms with van der Waals surface area (Å²) >= 11 is 0. The summed E-state index contributed by atoms with van der Waals surface area (Å²) in [5, 5.41) is 0. The van der Waals surface area contributed by atoms with Gasteiger partial charge in [-0.05, 0) is 170 Å². The molecule has 8 rings (SSSR count). The average molecular weight is 1050 g/mol. The van der Waals surface area contributed by atoms with Crippen LogP contribution in [-0.4, -0.2) is 24.6 Å². The van der Waals surface area contributed by atoms with Crippen molar-refractivity contribution in [1.82, 2.24) is 0 Å². The second-order valence-corrected chi connectivity index (χ2v) is 24.1. The topological polar surface area (TPSA) is 66.2 Å². The van der Waals surface area contributed by atoms with Crippen LogP contribution in [0.1, 0.15) is 225 Å². The number of esters is 2. The highest BCUT2D eigenvalue weighted by Crippen LogP contribution is 2.67. The van der Waals surface area contributed by atoms with E-state index in [9.17, 15) is 9.59 Å². The molecule has 3 saturated carbocycles. The maximum absolute atomic E-state index is 12.6. The Hall–Kier alpha value is -5.15. The molecule has 77 heavy (non-hydrogen) atoms. The summed E-state index contributed by atoms with van der Waals surface area (Å²) in [6.45, 7) is 26.3. The molecule has 0 amide bonds. The number of nitrogens with zero attached hydrogens (tertiary/aromatic N) is 1. The average Bonchev–Trinajstić information content (AvgIpc) is 4.15. The molecule has 7 unspecified atom stereocenters. The van der Waals surface area contributed by atoms with Crippen molar-refractivity contribution < 1.29 is 23.8 Å². The van der Waals surface area contributed by atoms with E-state index in [0.717, 1.165) is 79.4 Å². The van der Waals surface area contributed by atoms with Gasteiger partial charge in [0.2, 0.25) is 0 Å². The van der Waals surface area contributed by atoms with Crippen molar-refractivity contribution in [3.8, 4) is 22.6 Å². The van der Waals surface area contributed by atoms with Gasteiger partial charge in [0.25, 0.3) is 0 Å². The van der Waals surface area contributed by atoms with Gasteiger partial charge in [-0.15, -0.1) is 0 Å². The summed E-state index contributed by atoms with van der Waals surface area (Å²) < 4.78 is 17.1. The first-order chi connectivity index (χ1) is 37.4. The quantitative estimate of drug-likeness (QED) is 0.0230. The third-order valence-corrected chi connectivity index (χ3v) is 18.5. The molecular formula is C71H99NO5. The standard InChI is InChI=1S/C35H60O2.C21H26O3.C15H13N/c1-6-7-8-9-10-11-17-33(36)37-29-20-23-34(5)28(25-29)18-19-30-31(34)21-24-35(22-13-16-32(30)35)27(4)15-12-14-26(2)3;1-3-5-6-7-16-23-19-14-10-18(11-15-19)21(22)24-20-12-8-17(4-2)9-13-20;1-3-12-4-6-13(7-5-12)14-8-10-15(16-2)11-9-14/h18,26-27,29-32H,6-17,19-25H2,1-5H3;8-15H,3-7,16H2,1-2H3;4-11H,3H2,1H3. The Morgan fingerprint density at radius 3 is 1.90 bits per heavy atom. The van der Waals surface area contributed by atoms with Gasteiger partial charge in [0.1, 0.15) is 17.6 Å². The second-order valence-electron chi connectivity index (χ2n) is 24.1. The molecule has 0 aromatic heterocycles. The van der Waals surface area contributed by atoms with Crippen LogP contribution in [0.15, 0.2) is 109 Å². The lowest BCUT2D eigenvalue weighted by Crippen LogP contribution is -2.51. The van der Waals surface area contributed by atoms with Crippen LogP contribution in [0.25, 0.3) is 16.0 Å². The summed E-state index contributed by atoms with van der Waals surface area (Å²) in [7, 11) is 0. The molecule has 4 aliphatic rings. The van der Waals surface area contributed by atoms with E-state index in [1.165, 1.54) is 132 Å². The molecule has 4 aromatic carbocycles. The number of allylic oxidation sites excluding steroid dienone is 1. The maximum Gasteiger partial charge on any atom is 0.343 e. The molecule has 0 heterocycles. The van der Waals surface area contributed by atoms with Crippen LogP contribution >= 0.6 is 0 Å². The Morgan fingerprint density at radius 1 is 0.649 bits per heavy atom. The van der Waals surface area contributed by atoms with E-state index >= 15 is 0 Å². The highest BCUT2D eigenvalue weighted by atomic mass is 16.5. The van der Waals surface area contributed by atoms with Gasteiger partial charge in [-0.1, -0.05) is 205 Å². The number of hydrogen-bond acceptors (Lipinski definition) is 5. The number of carbonyl (C=O) groups excluding carboxylic acids is 2. The van der Waals surface area contributed by atoms with E-state index in [1.54, 1.807) is 17.7 Å². The van der Waals surface area contributed by atoms with Crippen LogP contribution in [0.5, 0.6) is 11.5 Å². The third kappa shape index (κ3) is 17.7. The second kappa shape index (κ2) is 31.4. The number of rotatable bonds is 24. The van der Waals surface area contributed by atoms with Gasteiger partial charge in [0, 0.05) is 12.8 Å². The van der Waals surface area contributed by atoms with E-state index in [4.69, 9.17) is 20.8 Å². The molecule has 4 aromatic rings. The highest BCUT2D eigenvalue weighted by Gasteiger charge is 2.58. The number of carbonyl (C=O) groups is 2. The van der Waals surface area contributed by atoms with Crippen LogP contribution in [-0.2, 0) is 22.4 Å². The molecule has 0 saturated heterocycles. The number of benzene rings is 4. The highest BCUT2D eigenvalue weighted by molar-refractivity contribution is 5.91. The van der Waals surface area contributed by atoms with Crippen LogP contribution in [0.4, 0.5) is 5.69 Å². The molecule has 0 N–H and O–H groups in total. The number of unbranched alkanes of at least 4 members (excludes halogenated alkanes) is 8. The van der Waals surface area contributed by atoms with Gasteiger partial charge >= 0.3 is 11.9 Å². The van der Waals surface area contributed by atoms with Crippen molar-refractivity contribution in [2.45, 2.75) is 222 Å². The molecule has 0 radical (unpaired) electrons. The normalized spacial score (nSPS) is 22.5. The Balaban J connectivity index is 0.000000205. The molecule has 4 aliphatic carbocycles. The molecule has 0 bridgehead atoms. The van der Waals surface area contributed by atoms with E-state index in [2.05, 4.69) is 90.6 Å². The zero-order valence-corrected chi connectivity index (χ0v) is 49.2. The lowest BCUT2D eigenvalue weighted by molar-refractivity contribution is -0.151. The minimum absolute atomic E-state index is 0.0539. The molecule has 0 spiro atoms. The Kier molecular flexibility index (Phi) is 24.9. The molecule has 418 valence electrons. The predicted octanol–water partition coefficient (Wildman–Crippen LogP) is 20.3. The van der Waals surface area contributed by atoms with Crippen LogP contribution in [0.3, 0.4) is 0 Å². The van der Waals surface area contributed by atoms with E-state index in [1.807, 2.05) is 60.7 Å². The van der Waals surface area contributed by atoms with E-state index < -0.39 is 0 Å². The number of ether oxygens (including phenoxy) is 3. The first kappa shape index (κ1) is 61.1. The molecule has 6 heteroatoms. The third-order valence-electron chi connectivity index (χ3n) is 18.5. The molecule has 3 fully saturated rings. The predicted molar refractivity (Wildman–Crippen MR) is 321 cm³/mol. The lowest BCUT2D eigenvalue weighted by Gasteiger charge is -2.59. The van der Waals surface area contributed by atoms with Gasteiger partial charge < -0.3 is 14.2 Å². The van der Waals surface area contributed by atoms with Crippen LogP contribution in [0, 0.1) is 47.0 Å². The number of aryl methyl sites for hydroxylation is 2. The van der Waals surface area contributed by atoms with Crippen molar-refractivity contribution in [3.63, 3.8) is 0 Å². The lowest BCUT2D eigenvalue weighted by atomic mass is 9.46. The zero-order chi connectivity index (χ0) is 55.0. The van der Waals surface area contributed by atoms with E-state index in [-0.39, 0.29) is 18.0 Å². The first-order valence-electron chi connectivity index (χ1n) is 30.9. The maximum atomic E-state index is 12.6. The van der Waals surface area contributed by atoms with Gasteiger partial charge in [-0.2, -0.15) is 0 Å². The zero-order valence-electron chi connectivity index (χ0n) is 49.2. The van der Waals surface area contributed by atoms with Gasteiger partial charge in [0.15, 0.2) is 5.69 Å². The summed E-state index contributed by atoms with van der Waals surface area (Å²) in [6, 6.07) is 31.0. The van der Waals surface area contributed by atoms with Crippen molar-refractivity contribution in [2.75, 3.05) is 6.61 Å². The van der Waals surface area contributed by atoms with Gasteiger partial charge in [0.05, 0.1) is 18.7 Å². The monoisotopic (exact) mass is 1050 g/mol. The minimum Gasteiger partial charge on any atom is -0.494 e. The van der Waals surface area contributed by atoms with Crippen LogP contribution in [0.2, 0.25) is 0 Å². The minimum atomic E-state index is -0.353. The Labute approximate surface area is 467 Å². The molecule has 6 nitrogen and oxygen atoms in total. The SMILES string of the molecule is CCCCCCCCC(=O)OC1CCC2(C)C(=CCC3C2CCC2(C(C)CCCC(C)C)CCCC32)C1.CCCCCCOc1ccc(C(=O)Oc2ccc(CC)cc2)cc1.[C-]#[N+]c1ccc(-c2ccc(CC)cc2)cc1.